The highest BCUT2D eigenvalue weighted by Gasteiger charge is 2.36. The maximum Gasteiger partial charge on any atom is 0.0305 e. The minimum atomic E-state index is 0.390. The van der Waals surface area contributed by atoms with E-state index >= 15 is 0 Å². The van der Waals surface area contributed by atoms with Crippen molar-refractivity contribution in [3.8, 4) is 0 Å². The highest BCUT2D eigenvalue weighted by Crippen LogP contribution is 2.34. The maximum absolute atomic E-state index is 3.87. The van der Waals surface area contributed by atoms with E-state index in [9.17, 15) is 0 Å². The lowest BCUT2D eigenvalue weighted by atomic mass is 9.82. The monoisotopic (exact) mass is 414 g/mol. The van der Waals surface area contributed by atoms with Crippen LogP contribution in [0, 0.1) is 0 Å². The van der Waals surface area contributed by atoms with Crippen LogP contribution in [-0.2, 0) is 0 Å². The lowest BCUT2D eigenvalue weighted by Crippen LogP contribution is -2.54. The molecule has 2 saturated heterocycles. The topological polar surface area (TPSA) is 15.3 Å². The molecule has 2 aliphatic rings. The Hall–Kier alpha value is 0.1000. The first-order chi connectivity index (χ1) is 10.0. The summed E-state index contributed by atoms with van der Waals surface area (Å²) >= 11 is 7.22. The number of nitrogens with one attached hydrogen (secondary N) is 1. The van der Waals surface area contributed by atoms with E-state index < -0.39 is 0 Å². The standard InChI is InChI=1S/C17H24Br2N2/c1-11(16-7-6-12(18)8-17(16)19)20-13-9-14-4-3-5-15(10-13)21(14)2/h6-8,11,13-15,20H,3-5,9-10H2,1-2H3. The Labute approximate surface area is 144 Å². The van der Waals surface area contributed by atoms with E-state index in [1.54, 1.807) is 0 Å². The highest BCUT2D eigenvalue weighted by atomic mass is 79.9. The van der Waals surface area contributed by atoms with Crippen LogP contribution in [0.2, 0.25) is 0 Å². The quantitative estimate of drug-likeness (QED) is 0.756. The first-order valence-corrected chi connectivity index (χ1v) is 9.56. The molecule has 0 aliphatic carbocycles. The lowest BCUT2D eigenvalue weighted by molar-refractivity contribution is 0.0462. The second-order valence-corrected chi connectivity index (χ2v) is 8.40. The first-order valence-electron chi connectivity index (χ1n) is 7.97. The molecule has 21 heavy (non-hydrogen) atoms. The number of hydrogen-bond acceptors (Lipinski definition) is 2. The van der Waals surface area contributed by atoms with Crippen LogP contribution in [-0.4, -0.2) is 30.1 Å². The molecule has 0 aromatic heterocycles. The second kappa shape index (κ2) is 6.69. The smallest absolute Gasteiger partial charge is 0.0305 e. The summed E-state index contributed by atoms with van der Waals surface area (Å²) in [7, 11) is 2.32. The zero-order valence-electron chi connectivity index (χ0n) is 12.8. The van der Waals surface area contributed by atoms with Crippen LogP contribution in [0.5, 0.6) is 0 Å². The molecule has 3 unspecified atom stereocenters. The van der Waals surface area contributed by atoms with Gasteiger partial charge in [0.1, 0.15) is 0 Å². The molecular formula is C17H24Br2N2. The van der Waals surface area contributed by atoms with Gasteiger partial charge in [0.25, 0.3) is 0 Å². The fourth-order valence-electron chi connectivity index (χ4n) is 4.05. The third-order valence-corrected chi connectivity index (χ3v) is 6.43. The van der Waals surface area contributed by atoms with Gasteiger partial charge < -0.3 is 10.2 Å². The third kappa shape index (κ3) is 3.54. The van der Waals surface area contributed by atoms with Crippen molar-refractivity contribution in [1.82, 2.24) is 10.2 Å². The Morgan fingerprint density at radius 1 is 1.19 bits per heavy atom. The normalized spacial score (nSPS) is 31.1. The van der Waals surface area contributed by atoms with Crippen molar-refractivity contribution in [3.63, 3.8) is 0 Å². The number of piperidine rings is 2. The van der Waals surface area contributed by atoms with Gasteiger partial charge in [0.2, 0.25) is 0 Å². The van der Waals surface area contributed by atoms with Crippen molar-refractivity contribution in [2.24, 2.45) is 0 Å². The van der Waals surface area contributed by atoms with E-state index in [0.717, 1.165) is 16.6 Å². The number of fused-ring (bicyclic) bond motifs is 2. The van der Waals surface area contributed by atoms with E-state index in [1.807, 2.05) is 0 Å². The number of benzene rings is 1. The first kappa shape index (κ1) is 16.0. The molecule has 0 spiro atoms. The molecular weight excluding hydrogens is 392 g/mol. The Morgan fingerprint density at radius 3 is 2.48 bits per heavy atom. The molecule has 2 bridgehead atoms. The van der Waals surface area contributed by atoms with E-state index in [0.29, 0.717) is 12.1 Å². The van der Waals surface area contributed by atoms with Gasteiger partial charge in [-0.25, -0.2) is 0 Å². The SMILES string of the molecule is CC(NC1CC2CCCC(C1)N2C)c1ccc(Br)cc1Br. The minimum absolute atomic E-state index is 0.390. The van der Waals surface area contributed by atoms with Crippen molar-refractivity contribution < 1.29 is 0 Å². The Balaban J connectivity index is 1.66. The number of halogens is 2. The van der Waals surface area contributed by atoms with Gasteiger partial charge in [-0.1, -0.05) is 44.3 Å². The lowest BCUT2D eigenvalue weighted by Gasteiger charge is -2.47. The maximum atomic E-state index is 3.87. The average Bonchev–Trinajstić information content (AvgIpc) is 2.39. The fourth-order valence-corrected chi connectivity index (χ4v) is 5.44. The summed E-state index contributed by atoms with van der Waals surface area (Å²) in [6.45, 7) is 2.28. The average molecular weight is 416 g/mol. The van der Waals surface area contributed by atoms with Crippen LogP contribution in [0.1, 0.15) is 50.6 Å². The van der Waals surface area contributed by atoms with E-state index in [2.05, 4.69) is 74.2 Å². The van der Waals surface area contributed by atoms with Gasteiger partial charge in [0.05, 0.1) is 0 Å². The second-order valence-electron chi connectivity index (χ2n) is 6.63. The van der Waals surface area contributed by atoms with Crippen LogP contribution in [0.25, 0.3) is 0 Å². The fraction of sp³-hybridized carbons (Fsp3) is 0.647. The van der Waals surface area contributed by atoms with Crippen molar-refractivity contribution in [2.75, 3.05) is 7.05 Å². The molecule has 1 aromatic carbocycles. The third-order valence-electron chi connectivity index (χ3n) is 5.25. The molecule has 1 aromatic rings. The van der Waals surface area contributed by atoms with Gasteiger partial charge >= 0.3 is 0 Å². The highest BCUT2D eigenvalue weighted by molar-refractivity contribution is 9.11. The summed E-state index contributed by atoms with van der Waals surface area (Å²) in [5.74, 6) is 0. The molecule has 3 rings (SSSR count). The van der Waals surface area contributed by atoms with Gasteiger partial charge in [0.15, 0.2) is 0 Å². The Bertz CT molecular complexity index is 492. The van der Waals surface area contributed by atoms with Gasteiger partial charge in [0, 0.05) is 33.1 Å². The van der Waals surface area contributed by atoms with E-state index in [1.165, 1.54) is 42.1 Å². The van der Waals surface area contributed by atoms with Gasteiger partial charge in [-0.2, -0.15) is 0 Å². The van der Waals surface area contributed by atoms with Gasteiger partial charge in [-0.3, -0.25) is 0 Å². The van der Waals surface area contributed by atoms with Gasteiger partial charge in [-0.15, -0.1) is 0 Å². The largest absolute Gasteiger partial charge is 0.307 e. The molecule has 116 valence electrons. The molecule has 2 aliphatic heterocycles. The Morgan fingerprint density at radius 2 is 1.86 bits per heavy atom. The van der Waals surface area contributed by atoms with Crippen LogP contribution in [0.3, 0.4) is 0 Å². The zero-order valence-corrected chi connectivity index (χ0v) is 16.0. The molecule has 3 atom stereocenters. The molecule has 0 radical (unpaired) electrons. The van der Waals surface area contributed by atoms with Crippen molar-refractivity contribution in [3.05, 3.63) is 32.7 Å². The predicted molar refractivity (Wildman–Crippen MR) is 95.6 cm³/mol. The summed E-state index contributed by atoms with van der Waals surface area (Å²) in [6.07, 6.45) is 6.76. The van der Waals surface area contributed by atoms with Crippen LogP contribution in [0.15, 0.2) is 27.1 Å². The molecule has 2 fully saturated rings. The molecule has 2 nitrogen and oxygen atoms in total. The number of nitrogens with zero attached hydrogens (tertiary/aromatic N) is 1. The summed E-state index contributed by atoms with van der Waals surface area (Å²) in [5.41, 5.74) is 1.35. The molecule has 0 saturated carbocycles. The van der Waals surface area contributed by atoms with Crippen LogP contribution < -0.4 is 5.32 Å². The summed E-state index contributed by atoms with van der Waals surface area (Å²) in [4.78, 5) is 2.63. The summed E-state index contributed by atoms with van der Waals surface area (Å²) in [5, 5.41) is 3.87. The molecule has 0 amide bonds. The summed E-state index contributed by atoms with van der Waals surface area (Å²) < 4.78 is 2.31. The molecule has 1 N–H and O–H groups in total. The van der Waals surface area contributed by atoms with Crippen molar-refractivity contribution in [2.45, 2.75) is 63.2 Å². The van der Waals surface area contributed by atoms with E-state index in [4.69, 9.17) is 0 Å². The van der Waals surface area contributed by atoms with Gasteiger partial charge in [-0.05, 0) is 57.4 Å². The van der Waals surface area contributed by atoms with E-state index in [-0.39, 0.29) is 0 Å². The number of hydrogen-bond donors (Lipinski definition) is 1. The number of rotatable bonds is 3. The van der Waals surface area contributed by atoms with Crippen molar-refractivity contribution >= 4 is 31.9 Å². The minimum Gasteiger partial charge on any atom is -0.307 e. The van der Waals surface area contributed by atoms with Crippen molar-refractivity contribution in [1.29, 1.82) is 0 Å². The molecule has 4 heteroatoms. The van der Waals surface area contributed by atoms with Crippen LogP contribution >= 0.6 is 31.9 Å². The Kier molecular flexibility index (Phi) is 5.09. The zero-order chi connectivity index (χ0) is 15.0. The van der Waals surface area contributed by atoms with Crippen LogP contribution in [0.4, 0.5) is 0 Å². The summed E-state index contributed by atoms with van der Waals surface area (Å²) in [6, 6.07) is 9.09. The predicted octanol–water partition coefficient (Wildman–Crippen LogP) is 4.88. The molecule has 2 heterocycles.